The fraction of sp³-hybridized carbons (Fsp3) is 0.0833. The molecule has 2 aromatic rings. The minimum atomic E-state index is 0.675. The molecule has 0 saturated carbocycles. The van der Waals surface area contributed by atoms with E-state index in [2.05, 4.69) is 32.8 Å². The number of pyridine rings is 1. The van der Waals surface area contributed by atoms with Crippen LogP contribution in [0.5, 0.6) is 0 Å². The van der Waals surface area contributed by atoms with Gasteiger partial charge >= 0.3 is 0 Å². The normalized spacial score (nSPS) is 9.73. The maximum Gasteiger partial charge on any atom is 0.0729 e. The van der Waals surface area contributed by atoms with Crippen molar-refractivity contribution in [3.63, 3.8) is 0 Å². The van der Waals surface area contributed by atoms with Crippen LogP contribution in [0.1, 0.15) is 5.56 Å². The van der Waals surface area contributed by atoms with Crippen LogP contribution in [0.15, 0.2) is 30.5 Å². The molecule has 15 heavy (non-hydrogen) atoms. The summed E-state index contributed by atoms with van der Waals surface area (Å²) < 4.78 is 0. The molecule has 0 aliphatic heterocycles. The average Bonchev–Trinajstić information content (AvgIpc) is 2.26. The molecule has 0 bridgehead atoms. The fourth-order valence-electron chi connectivity index (χ4n) is 1.33. The first kappa shape index (κ1) is 10.5. The molecule has 74 valence electrons. The van der Waals surface area contributed by atoms with Gasteiger partial charge in [-0.05, 0) is 18.2 Å². The van der Waals surface area contributed by atoms with Crippen molar-refractivity contribution in [1.82, 2.24) is 4.98 Å². The zero-order valence-corrected chi connectivity index (χ0v) is 10.1. The van der Waals surface area contributed by atoms with E-state index in [1.54, 1.807) is 12.3 Å². The molecule has 0 radical (unpaired) electrons. The third-order valence-electron chi connectivity index (χ3n) is 1.99. The first-order chi connectivity index (χ1) is 7.31. The molecule has 2 rings (SSSR count). The standard InChI is InChI=1S/C12H7BrClN/c13-6-1-2-9-3-4-10-11(14)5-7-15-12(10)8-9/h3-5,7-8H,6H2. The zero-order valence-electron chi connectivity index (χ0n) is 7.80. The quantitative estimate of drug-likeness (QED) is 0.530. The van der Waals surface area contributed by atoms with Crippen LogP contribution in [0.25, 0.3) is 10.9 Å². The third kappa shape index (κ3) is 2.31. The van der Waals surface area contributed by atoms with E-state index in [4.69, 9.17) is 11.6 Å². The molecule has 0 saturated heterocycles. The monoisotopic (exact) mass is 279 g/mol. The summed E-state index contributed by atoms with van der Waals surface area (Å²) in [5, 5.41) is 2.36. The molecule has 0 unspecified atom stereocenters. The van der Waals surface area contributed by atoms with Gasteiger partial charge in [0.15, 0.2) is 0 Å². The van der Waals surface area contributed by atoms with Crippen molar-refractivity contribution >= 4 is 38.4 Å². The highest BCUT2D eigenvalue weighted by Crippen LogP contribution is 2.21. The summed E-state index contributed by atoms with van der Waals surface area (Å²) in [6, 6.07) is 7.62. The Morgan fingerprint density at radius 3 is 3.00 bits per heavy atom. The minimum Gasteiger partial charge on any atom is -0.256 e. The van der Waals surface area contributed by atoms with E-state index >= 15 is 0 Å². The smallest absolute Gasteiger partial charge is 0.0729 e. The Bertz CT molecular complexity index is 554. The van der Waals surface area contributed by atoms with Crippen molar-refractivity contribution in [2.45, 2.75) is 0 Å². The van der Waals surface area contributed by atoms with Gasteiger partial charge in [0, 0.05) is 17.1 Å². The second-order valence-electron chi connectivity index (χ2n) is 2.96. The maximum absolute atomic E-state index is 6.03. The Morgan fingerprint density at radius 2 is 2.20 bits per heavy atom. The molecule has 1 nitrogen and oxygen atoms in total. The molecule has 0 aliphatic rings. The number of hydrogen-bond acceptors (Lipinski definition) is 1. The highest BCUT2D eigenvalue weighted by atomic mass is 79.9. The van der Waals surface area contributed by atoms with Crippen LogP contribution in [0.3, 0.4) is 0 Å². The van der Waals surface area contributed by atoms with Crippen LogP contribution >= 0.6 is 27.5 Å². The van der Waals surface area contributed by atoms with Crippen molar-refractivity contribution in [2.75, 3.05) is 5.33 Å². The SMILES string of the molecule is Clc1ccnc2cc(C#CCBr)ccc12. The average molecular weight is 281 g/mol. The molecule has 1 aromatic carbocycles. The maximum atomic E-state index is 6.03. The van der Waals surface area contributed by atoms with Gasteiger partial charge in [-0.2, -0.15) is 0 Å². The summed E-state index contributed by atoms with van der Waals surface area (Å²) in [4.78, 5) is 4.25. The number of aromatic nitrogens is 1. The van der Waals surface area contributed by atoms with Gasteiger partial charge in [0.1, 0.15) is 0 Å². The van der Waals surface area contributed by atoms with Gasteiger partial charge in [-0.15, -0.1) is 0 Å². The molecule has 1 heterocycles. The zero-order chi connectivity index (χ0) is 10.7. The topological polar surface area (TPSA) is 12.9 Å². The van der Waals surface area contributed by atoms with E-state index < -0.39 is 0 Å². The van der Waals surface area contributed by atoms with Gasteiger partial charge in [-0.25, -0.2) is 0 Å². The Kier molecular flexibility index (Phi) is 3.25. The van der Waals surface area contributed by atoms with Crippen molar-refractivity contribution in [2.24, 2.45) is 0 Å². The van der Waals surface area contributed by atoms with Crippen LogP contribution in [-0.2, 0) is 0 Å². The van der Waals surface area contributed by atoms with E-state index in [1.807, 2.05) is 18.2 Å². The minimum absolute atomic E-state index is 0.675. The molecule has 0 atom stereocenters. The summed E-state index contributed by atoms with van der Waals surface area (Å²) in [5.74, 6) is 5.98. The fourth-order valence-corrected chi connectivity index (χ4v) is 1.68. The van der Waals surface area contributed by atoms with Crippen molar-refractivity contribution in [1.29, 1.82) is 0 Å². The summed E-state index contributed by atoms with van der Waals surface area (Å²) in [6.45, 7) is 0. The van der Waals surface area contributed by atoms with E-state index in [9.17, 15) is 0 Å². The molecule has 0 spiro atoms. The highest BCUT2D eigenvalue weighted by molar-refractivity contribution is 9.09. The Hall–Kier alpha value is -1.04. The number of halogens is 2. The first-order valence-corrected chi connectivity index (χ1v) is 5.90. The molecule has 0 N–H and O–H groups in total. The van der Waals surface area contributed by atoms with Crippen molar-refractivity contribution in [3.8, 4) is 11.8 Å². The number of benzene rings is 1. The largest absolute Gasteiger partial charge is 0.256 e. The molecular weight excluding hydrogens is 273 g/mol. The number of fused-ring (bicyclic) bond motifs is 1. The van der Waals surface area contributed by atoms with Crippen molar-refractivity contribution in [3.05, 3.63) is 41.0 Å². The van der Waals surface area contributed by atoms with Crippen LogP contribution in [-0.4, -0.2) is 10.3 Å². The van der Waals surface area contributed by atoms with Crippen LogP contribution < -0.4 is 0 Å². The third-order valence-corrected chi connectivity index (χ3v) is 2.60. The lowest BCUT2D eigenvalue weighted by Gasteiger charge is -1.99. The number of hydrogen-bond donors (Lipinski definition) is 0. The van der Waals surface area contributed by atoms with Crippen LogP contribution in [0.4, 0.5) is 0 Å². The molecule has 0 aliphatic carbocycles. The van der Waals surface area contributed by atoms with E-state index in [0.29, 0.717) is 5.33 Å². The molecule has 0 fully saturated rings. The summed E-state index contributed by atoms with van der Waals surface area (Å²) >= 11 is 9.29. The highest BCUT2D eigenvalue weighted by Gasteiger charge is 1.99. The number of alkyl halides is 1. The summed E-state index contributed by atoms with van der Waals surface area (Å²) in [6.07, 6.45) is 1.70. The Morgan fingerprint density at radius 1 is 1.33 bits per heavy atom. The van der Waals surface area contributed by atoms with Crippen LogP contribution in [0, 0.1) is 11.8 Å². The molecule has 1 aromatic heterocycles. The lowest BCUT2D eigenvalue weighted by atomic mass is 10.1. The lowest BCUT2D eigenvalue weighted by molar-refractivity contribution is 1.41. The second-order valence-corrected chi connectivity index (χ2v) is 3.93. The van der Waals surface area contributed by atoms with Gasteiger partial charge in [0.25, 0.3) is 0 Å². The molecule has 3 heteroatoms. The first-order valence-electron chi connectivity index (χ1n) is 4.40. The second kappa shape index (κ2) is 4.65. The van der Waals surface area contributed by atoms with E-state index in [-0.39, 0.29) is 0 Å². The number of rotatable bonds is 0. The predicted molar refractivity (Wildman–Crippen MR) is 67.4 cm³/mol. The van der Waals surface area contributed by atoms with Gasteiger partial charge in [0.05, 0.1) is 15.9 Å². The van der Waals surface area contributed by atoms with Crippen LogP contribution in [0.2, 0.25) is 5.02 Å². The van der Waals surface area contributed by atoms with Gasteiger partial charge in [-0.3, -0.25) is 4.98 Å². The lowest BCUT2D eigenvalue weighted by Crippen LogP contribution is -1.81. The Balaban J connectivity index is 2.57. The number of nitrogens with zero attached hydrogens (tertiary/aromatic N) is 1. The van der Waals surface area contributed by atoms with E-state index in [0.717, 1.165) is 21.5 Å². The summed E-state index contributed by atoms with van der Waals surface area (Å²) in [5.41, 5.74) is 1.83. The molecular formula is C12H7BrClN. The molecule has 0 amide bonds. The van der Waals surface area contributed by atoms with Gasteiger partial charge in [0.2, 0.25) is 0 Å². The van der Waals surface area contributed by atoms with Crippen molar-refractivity contribution < 1.29 is 0 Å². The summed E-state index contributed by atoms with van der Waals surface area (Å²) in [7, 11) is 0. The van der Waals surface area contributed by atoms with E-state index in [1.165, 1.54) is 0 Å². The van der Waals surface area contributed by atoms with Gasteiger partial charge in [-0.1, -0.05) is 45.4 Å². The predicted octanol–water partition coefficient (Wildman–Crippen LogP) is 3.63. The Labute approximate surface area is 102 Å². The van der Waals surface area contributed by atoms with Gasteiger partial charge < -0.3 is 0 Å².